The summed E-state index contributed by atoms with van der Waals surface area (Å²) >= 11 is 0.940. The van der Waals surface area contributed by atoms with E-state index in [-0.39, 0.29) is 29.1 Å². The van der Waals surface area contributed by atoms with Gasteiger partial charge < -0.3 is 19.9 Å². The number of carbonyl (C=O) groups excluding carboxylic acids is 3. The average molecular weight is 397 g/mol. The molecule has 1 unspecified atom stereocenters. The maximum absolute atomic E-state index is 13.3. The van der Waals surface area contributed by atoms with Crippen molar-refractivity contribution in [3.63, 3.8) is 0 Å². The van der Waals surface area contributed by atoms with Crippen LogP contribution in [0.25, 0.3) is 0 Å². The van der Waals surface area contributed by atoms with E-state index in [1.165, 1.54) is 7.11 Å². The van der Waals surface area contributed by atoms with Crippen LogP contribution in [0.4, 0.5) is 0 Å². The van der Waals surface area contributed by atoms with Crippen molar-refractivity contribution in [3.05, 3.63) is 12.2 Å². The van der Waals surface area contributed by atoms with Gasteiger partial charge in [0.1, 0.15) is 5.60 Å². The van der Waals surface area contributed by atoms with Gasteiger partial charge in [-0.15, -0.1) is 0 Å². The van der Waals surface area contributed by atoms with Crippen LogP contribution in [0.1, 0.15) is 39.0 Å². The Balaban J connectivity index is 1.90. The normalized spacial score (nSPS) is 36.2. The Morgan fingerprint density at radius 2 is 2.26 bits per heavy atom. The molecule has 27 heavy (non-hydrogen) atoms. The minimum Gasteiger partial charge on any atom is -0.469 e. The molecule has 2 saturated heterocycles. The number of amides is 1. The molecule has 0 radical (unpaired) electrons. The fourth-order valence-corrected chi connectivity index (χ4v) is 5.60. The molecule has 0 aromatic rings. The van der Waals surface area contributed by atoms with Gasteiger partial charge in [-0.2, -0.15) is 0 Å². The van der Waals surface area contributed by atoms with Crippen molar-refractivity contribution in [2.45, 2.75) is 56.3 Å². The summed E-state index contributed by atoms with van der Waals surface area (Å²) in [4.78, 5) is 37.4. The molecule has 0 bridgehead atoms. The van der Waals surface area contributed by atoms with Crippen LogP contribution in [0.3, 0.4) is 0 Å². The number of hydrogen-bond donors (Lipinski definition) is 2. The second-order valence-electron chi connectivity index (χ2n) is 7.52. The summed E-state index contributed by atoms with van der Waals surface area (Å²) in [7, 11) is 1.30. The number of thioether (sulfide) groups is 1. The maximum atomic E-state index is 13.3. The van der Waals surface area contributed by atoms with Crippen molar-refractivity contribution in [1.29, 1.82) is 0 Å². The van der Waals surface area contributed by atoms with E-state index in [4.69, 9.17) is 4.74 Å². The van der Waals surface area contributed by atoms with Crippen LogP contribution >= 0.6 is 11.8 Å². The first-order chi connectivity index (χ1) is 12.9. The third-order valence-corrected chi connectivity index (χ3v) is 7.12. The van der Waals surface area contributed by atoms with Gasteiger partial charge in [0, 0.05) is 18.3 Å². The molecule has 2 heterocycles. The Morgan fingerprint density at radius 3 is 2.93 bits per heavy atom. The SMILES string of the molecule is COC(=O)CCSC(=O)[C@]1([C@@H](O)[C@@H]2C=CCCC2)NC(=O)C2CCO[C@@]21C. The molecule has 5 atom stereocenters. The van der Waals surface area contributed by atoms with Crippen LogP contribution < -0.4 is 5.32 Å². The number of hydrogen-bond acceptors (Lipinski definition) is 7. The molecule has 0 saturated carbocycles. The van der Waals surface area contributed by atoms with E-state index in [1.807, 2.05) is 12.2 Å². The van der Waals surface area contributed by atoms with Gasteiger partial charge in [-0.1, -0.05) is 23.9 Å². The van der Waals surface area contributed by atoms with Crippen LogP contribution in [0.15, 0.2) is 12.2 Å². The molecular formula is C19H27NO6S. The lowest BCUT2D eigenvalue weighted by Gasteiger charge is -2.45. The predicted molar refractivity (Wildman–Crippen MR) is 99.9 cm³/mol. The molecule has 0 aromatic heterocycles. The highest BCUT2D eigenvalue weighted by Crippen LogP contribution is 2.51. The van der Waals surface area contributed by atoms with Gasteiger partial charge in [0.2, 0.25) is 11.0 Å². The van der Waals surface area contributed by atoms with Gasteiger partial charge >= 0.3 is 5.97 Å². The minimum absolute atomic E-state index is 0.0807. The summed E-state index contributed by atoms with van der Waals surface area (Å²) in [6.45, 7) is 2.13. The maximum Gasteiger partial charge on any atom is 0.306 e. The molecule has 1 aliphatic carbocycles. The first-order valence-electron chi connectivity index (χ1n) is 9.41. The second-order valence-corrected chi connectivity index (χ2v) is 8.59. The first-order valence-corrected chi connectivity index (χ1v) is 10.4. The molecule has 8 heteroatoms. The molecule has 7 nitrogen and oxygen atoms in total. The van der Waals surface area contributed by atoms with Crippen LogP contribution in [-0.4, -0.2) is 58.8 Å². The van der Waals surface area contributed by atoms with E-state index in [0.717, 1.165) is 31.0 Å². The third kappa shape index (κ3) is 3.32. The lowest BCUT2D eigenvalue weighted by molar-refractivity contribution is -0.143. The number of nitrogens with one attached hydrogen (secondary N) is 1. The average Bonchev–Trinajstić information content (AvgIpc) is 3.17. The first kappa shape index (κ1) is 20.4. The topological polar surface area (TPSA) is 102 Å². The number of carbonyl (C=O) groups is 3. The van der Waals surface area contributed by atoms with E-state index in [0.29, 0.717) is 13.0 Å². The zero-order valence-corrected chi connectivity index (χ0v) is 16.5. The molecule has 0 spiro atoms. The van der Waals surface area contributed by atoms with Crippen LogP contribution in [-0.2, 0) is 23.9 Å². The Labute approximate surface area is 163 Å². The van der Waals surface area contributed by atoms with Crippen LogP contribution in [0, 0.1) is 11.8 Å². The van der Waals surface area contributed by atoms with Gasteiger partial charge in [-0.25, -0.2) is 0 Å². The summed E-state index contributed by atoms with van der Waals surface area (Å²) in [5.74, 6) is -1.14. The van der Waals surface area contributed by atoms with Gasteiger partial charge in [0.15, 0.2) is 5.54 Å². The number of fused-ring (bicyclic) bond motifs is 1. The third-order valence-electron chi connectivity index (χ3n) is 6.12. The molecule has 3 rings (SSSR count). The van der Waals surface area contributed by atoms with Gasteiger partial charge in [-0.05, 0) is 32.6 Å². The predicted octanol–water partition coefficient (Wildman–Crippen LogP) is 1.19. The minimum atomic E-state index is -1.53. The van der Waals surface area contributed by atoms with Crippen molar-refractivity contribution < 1.29 is 29.0 Å². The summed E-state index contributed by atoms with van der Waals surface area (Å²) in [6.07, 6.45) is 6.06. The Morgan fingerprint density at radius 1 is 1.48 bits per heavy atom. The van der Waals surface area contributed by atoms with Gasteiger partial charge in [0.05, 0.1) is 25.6 Å². The molecule has 2 fully saturated rings. The number of rotatable bonds is 6. The molecule has 3 aliphatic rings. The number of methoxy groups -OCH3 is 1. The highest BCUT2D eigenvalue weighted by molar-refractivity contribution is 8.13. The number of ether oxygens (including phenoxy) is 2. The number of aliphatic hydroxyl groups is 1. The van der Waals surface area contributed by atoms with Crippen molar-refractivity contribution in [1.82, 2.24) is 5.32 Å². The van der Waals surface area contributed by atoms with Crippen molar-refractivity contribution >= 4 is 28.8 Å². The van der Waals surface area contributed by atoms with Crippen molar-refractivity contribution in [2.75, 3.05) is 19.5 Å². The molecule has 150 valence electrons. The fraction of sp³-hybridized carbons (Fsp3) is 0.737. The lowest BCUT2D eigenvalue weighted by Crippen LogP contribution is -2.69. The van der Waals surface area contributed by atoms with E-state index in [1.54, 1.807) is 6.92 Å². The van der Waals surface area contributed by atoms with Crippen LogP contribution in [0.5, 0.6) is 0 Å². The monoisotopic (exact) mass is 397 g/mol. The van der Waals surface area contributed by atoms with Crippen molar-refractivity contribution in [2.24, 2.45) is 11.8 Å². The smallest absolute Gasteiger partial charge is 0.306 e. The quantitative estimate of drug-likeness (QED) is 0.513. The second kappa shape index (κ2) is 7.93. The number of esters is 1. The zero-order chi connectivity index (χ0) is 19.7. The lowest BCUT2D eigenvalue weighted by atomic mass is 9.69. The van der Waals surface area contributed by atoms with E-state index >= 15 is 0 Å². The molecule has 1 amide bonds. The molecule has 2 N–H and O–H groups in total. The standard InChI is InChI=1S/C19H27NO6S/c1-18-13(8-10-26-18)16(23)20-19(18,15(22)12-6-4-3-5-7-12)17(24)27-11-9-14(21)25-2/h4,6,12-13,15,22H,3,5,7-11H2,1-2H3,(H,20,23)/t12-,13?,15+,18+,19+/m1/s1. The number of aliphatic hydroxyl groups excluding tert-OH is 1. The van der Waals surface area contributed by atoms with Crippen molar-refractivity contribution in [3.8, 4) is 0 Å². The van der Waals surface area contributed by atoms with Gasteiger partial charge in [-0.3, -0.25) is 14.4 Å². The summed E-state index contributed by atoms with van der Waals surface area (Å²) in [5, 5.41) is 13.8. The summed E-state index contributed by atoms with van der Waals surface area (Å²) in [5.41, 5.74) is -2.64. The van der Waals surface area contributed by atoms with E-state index in [9.17, 15) is 19.5 Å². The molecule has 0 aromatic carbocycles. The molecular weight excluding hydrogens is 370 g/mol. The Hall–Kier alpha value is -1.38. The highest BCUT2D eigenvalue weighted by Gasteiger charge is 2.71. The summed E-state index contributed by atoms with van der Waals surface area (Å²) in [6, 6.07) is 0. The Kier molecular flexibility index (Phi) is 5.98. The fourth-order valence-electron chi connectivity index (χ4n) is 4.55. The van der Waals surface area contributed by atoms with E-state index in [2.05, 4.69) is 10.1 Å². The largest absolute Gasteiger partial charge is 0.469 e. The zero-order valence-electron chi connectivity index (χ0n) is 15.7. The number of allylic oxidation sites excluding steroid dienone is 1. The summed E-state index contributed by atoms with van der Waals surface area (Å²) < 4.78 is 10.6. The Bertz CT molecular complexity index is 652. The van der Waals surface area contributed by atoms with Gasteiger partial charge in [0.25, 0.3) is 0 Å². The highest BCUT2D eigenvalue weighted by atomic mass is 32.2. The molecule has 2 aliphatic heterocycles. The van der Waals surface area contributed by atoms with Crippen LogP contribution in [0.2, 0.25) is 0 Å². The van der Waals surface area contributed by atoms with E-state index < -0.39 is 29.1 Å².